The van der Waals surface area contributed by atoms with Crippen LogP contribution >= 0.6 is 11.3 Å². The molecule has 0 saturated heterocycles. The van der Waals surface area contributed by atoms with Crippen molar-refractivity contribution in [2.75, 3.05) is 0 Å². The maximum Gasteiger partial charge on any atom is 0.261 e. The van der Waals surface area contributed by atoms with E-state index in [1.54, 1.807) is 13.0 Å². The van der Waals surface area contributed by atoms with Crippen molar-refractivity contribution in [3.63, 3.8) is 0 Å². The quantitative estimate of drug-likeness (QED) is 0.513. The van der Waals surface area contributed by atoms with Crippen LogP contribution in [0, 0.1) is 18.6 Å². The van der Waals surface area contributed by atoms with Gasteiger partial charge in [-0.2, -0.15) is 0 Å². The van der Waals surface area contributed by atoms with E-state index in [-0.39, 0.29) is 11.5 Å². The van der Waals surface area contributed by atoms with Gasteiger partial charge in [-0.1, -0.05) is 38.1 Å². The Labute approximate surface area is 168 Å². The first-order valence-corrected chi connectivity index (χ1v) is 10.0. The summed E-state index contributed by atoms with van der Waals surface area (Å²) < 4.78 is 27.6. The van der Waals surface area contributed by atoms with Gasteiger partial charge < -0.3 is 5.32 Å². The van der Waals surface area contributed by atoms with Gasteiger partial charge in [0, 0.05) is 10.4 Å². The van der Waals surface area contributed by atoms with Gasteiger partial charge in [0.2, 0.25) is 0 Å². The third-order valence-corrected chi connectivity index (χ3v) is 5.95. The Kier molecular flexibility index (Phi) is 5.94. The van der Waals surface area contributed by atoms with Gasteiger partial charge >= 0.3 is 0 Å². The van der Waals surface area contributed by atoms with Gasteiger partial charge in [0.25, 0.3) is 5.91 Å². The molecule has 1 aromatic heterocycles. The van der Waals surface area contributed by atoms with Gasteiger partial charge in [-0.05, 0) is 60.7 Å². The highest BCUT2D eigenvalue weighted by molar-refractivity contribution is 7.17. The van der Waals surface area contributed by atoms with Crippen molar-refractivity contribution < 1.29 is 13.6 Å². The van der Waals surface area contributed by atoms with Gasteiger partial charge in [-0.25, -0.2) is 8.78 Å². The minimum absolute atomic E-state index is 0.0196. The zero-order chi connectivity index (χ0) is 20.4. The first-order chi connectivity index (χ1) is 13.3. The van der Waals surface area contributed by atoms with E-state index in [1.807, 2.05) is 18.2 Å². The molecule has 0 spiro atoms. The molecule has 1 heterocycles. The fourth-order valence-corrected chi connectivity index (χ4v) is 3.84. The van der Waals surface area contributed by atoms with Crippen molar-refractivity contribution in [3.05, 3.63) is 81.7 Å². The second-order valence-corrected chi connectivity index (χ2v) is 8.33. The summed E-state index contributed by atoms with van der Waals surface area (Å²) in [5, 5.41) is 2.82. The molecule has 5 heteroatoms. The molecule has 3 rings (SSSR count). The third kappa shape index (κ3) is 4.30. The van der Waals surface area contributed by atoms with Crippen LogP contribution in [0.25, 0.3) is 10.4 Å². The summed E-state index contributed by atoms with van der Waals surface area (Å²) in [6.45, 7) is 7.39. The largest absolute Gasteiger partial charge is 0.345 e. The van der Waals surface area contributed by atoms with E-state index in [9.17, 15) is 13.6 Å². The summed E-state index contributed by atoms with van der Waals surface area (Å²) in [7, 11) is 0. The predicted molar refractivity (Wildman–Crippen MR) is 111 cm³/mol. The molecule has 2 aromatic carbocycles. The fourth-order valence-electron chi connectivity index (χ4n) is 2.93. The molecule has 0 aliphatic heterocycles. The van der Waals surface area contributed by atoms with Crippen LogP contribution in [0.2, 0.25) is 0 Å². The highest BCUT2D eigenvalue weighted by Gasteiger charge is 2.17. The Hall–Kier alpha value is -2.53. The molecule has 2 nitrogen and oxygen atoms in total. The van der Waals surface area contributed by atoms with E-state index in [0.29, 0.717) is 16.4 Å². The average molecular weight is 400 g/mol. The van der Waals surface area contributed by atoms with Crippen LogP contribution in [0.5, 0.6) is 0 Å². The zero-order valence-electron chi connectivity index (χ0n) is 16.3. The summed E-state index contributed by atoms with van der Waals surface area (Å²) in [6, 6.07) is 14.0. The number of nitrogens with one attached hydrogen (secondary N) is 1. The molecule has 1 atom stereocenters. The molecule has 0 radical (unpaired) electrons. The lowest BCUT2D eigenvalue weighted by atomic mass is 10.0. The molecule has 3 aromatic rings. The van der Waals surface area contributed by atoms with Crippen molar-refractivity contribution in [3.8, 4) is 10.4 Å². The molecule has 0 aliphatic carbocycles. The van der Waals surface area contributed by atoms with E-state index in [4.69, 9.17) is 0 Å². The second-order valence-electron chi connectivity index (χ2n) is 7.25. The lowest BCUT2D eigenvalue weighted by Gasteiger charge is -2.15. The van der Waals surface area contributed by atoms with Gasteiger partial charge in [0.15, 0.2) is 0 Å². The standard InChI is InChI=1S/C23H23F2NOS/c1-13(2)16-6-5-7-17(10-16)21-8-9-22(28-21)23(27)26-15(4)18-11-19(24)14(3)20(25)12-18/h5-13,15H,1-4H3,(H,26,27)/t15-/m1/s1. The minimum Gasteiger partial charge on any atom is -0.345 e. The molecular weight excluding hydrogens is 376 g/mol. The number of hydrogen-bond donors (Lipinski definition) is 1. The molecule has 146 valence electrons. The first-order valence-electron chi connectivity index (χ1n) is 9.23. The monoisotopic (exact) mass is 399 g/mol. The van der Waals surface area contributed by atoms with E-state index >= 15 is 0 Å². The molecule has 0 fully saturated rings. The van der Waals surface area contributed by atoms with Crippen LogP contribution in [0.3, 0.4) is 0 Å². The Balaban J connectivity index is 1.76. The minimum atomic E-state index is -0.612. The highest BCUT2D eigenvalue weighted by atomic mass is 32.1. The van der Waals surface area contributed by atoms with Crippen molar-refractivity contribution in [2.24, 2.45) is 0 Å². The summed E-state index contributed by atoms with van der Waals surface area (Å²) in [5.41, 5.74) is 2.70. The average Bonchev–Trinajstić information content (AvgIpc) is 3.16. The lowest BCUT2D eigenvalue weighted by molar-refractivity contribution is 0.0944. The van der Waals surface area contributed by atoms with Crippen molar-refractivity contribution in [1.82, 2.24) is 5.32 Å². The van der Waals surface area contributed by atoms with Gasteiger partial charge in [-0.3, -0.25) is 4.79 Å². The van der Waals surface area contributed by atoms with Gasteiger partial charge in [0.05, 0.1) is 10.9 Å². The smallest absolute Gasteiger partial charge is 0.261 e. The number of hydrogen-bond acceptors (Lipinski definition) is 2. The van der Waals surface area contributed by atoms with Crippen LogP contribution in [-0.2, 0) is 0 Å². The normalized spacial score (nSPS) is 12.2. The molecule has 1 N–H and O–H groups in total. The molecule has 0 unspecified atom stereocenters. The van der Waals surface area contributed by atoms with Crippen LogP contribution in [0.4, 0.5) is 8.78 Å². The number of amides is 1. The second kappa shape index (κ2) is 8.23. The van der Waals surface area contributed by atoms with Gasteiger partial charge in [0.1, 0.15) is 11.6 Å². The van der Waals surface area contributed by atoms with Crippen LogP contribution < -0.4 is 5.32 Å². The zero-order valence-corrected chi connectivity index (χ0v) is 17.2. The predicted octanol–water partition coefficient (Wildman–Crippen LogP) is 6.62. The van der Waals surface area contributed by atoms with Crippen LogP contribution in [0.15, 0.2) is 48.5 Å². The molecule has 0 saturated carbocycles. The fraction of sp³-hybridized carbons (Fsp3) is 0.261. The van der Waals surface area contributed by atoms with Gasteiger partial charge in [-0.15, -0.1) is 11.3 Å². The SMILES string of the molecule is Cc1c(F)cc([C@@H](C)NC(=O)c2ccc(-c3cccc(C(C)C)c3)s2)cc1F. The van der Waals surface area contributed by atoms with E-state index in [1.165, 1.54) is 36.0 Å². The maximum absolute atomic E-state index is 13.8. The highest BCUT2D eigenvalue weighted by Crippen LogP contribution is 2.30. The summed E-state index contributed by atoms with van der Waals surface area (Å²) in [4.78, 5) is 14.2. The number of thiophene rings is 1. The molecule has 0 bridgehead atoms. The van der Waals surface area contributed by atoms with Crippen LogP contribution in [0.1, 0.15) is 59.1 Å². The summed E-state index contributed by atoms with van der Waals surface area (Å²) in [5.74, 6) is -1.05. The number of halogens is 2. The molecule has 0 aliphatic rings. The van der Waals surface area contributed by atoms with Crippen molar-refractivity contribution in [2.45, 2.75) is 39.7 Å². The number of benzene rings is 2. The summed E-state index contributed by atoms with van der Waals surface area (Å²) >= 11 is 1.40. The van der Waals surface area contributed by atoms with E-state index in [2.05, 4.69) is 31.3 Å². The van der Waals surface area contributed by atoms with E-state index in [0.717, 1.165) is 10.4 Å². The topological polar surface area (TPSA) is 29.1 Å². The van der Waals surface area contributed by atoms with Crippen molar-refractivity contribution >= 4 is 17.2 Å². The third-order valence-electron chi connectivity index (χ3n) is 4.82. The van der Waals surface area contributed by atoms with Crippen molar-refractivity contribution in [1.29, 1.82) is 0 Å². The van der Waals surface area contributed by atoms with E-state index < -0.39 is 17.7 Å². The Morgan fingerprint density at radius 3 is 2.29 bits per heavy atom. The Bertz CT molecular complexity index is 986. The molecule has 1 amide bonds. The molecule has 28 heavy (non-hydrogen) atoms. The number of carbonyl (C=O) groups excluding carboxylic acids is 1. The Morgan fingerprint density at radius 2 is 1.64 bits per heavy atom. The summed E-state index contributed by atoms with van der Waals surface area (Å²) in [6.07, 6.45) is 0. The first kappa shape index (κ1) is 20.2. The lowest BCUT2D eigenvalue weighted by Crippen LogP contribution is -2.26. The molecular formula is C23H23F2NOS. The number of carbonyl (C=O) groups is 1. The van der Waals surface area contributed by atoms with Crippen LogP contribution in [-0.4, -0.2) is 5.91 Å². The maximum atomic E-state index is 13.8. The Morgan fingerprint density at radius 1 is 0.964 bits per heavy atom. The number of rotatable bonds is 5.